The number of esters is 1. The highest BCUT2D eigenvalue weighted by Gasteiger charge is 2.35. The molecule has 1 aliphatic rings. The van der Waals surface area contributed by atoms with Crippen LogP contribution >= 0.6 is 11.3 Å². The zero-order chi connectivity index (χ0) is 22.1. The van der Waals surface area contributed by atoms with Crippen molar-refractivity contribution in [3.63, 3.8) is 0 Å². The number of sulfonamides is 1. The van der Waals surface area contributed by atoms with Crippen LogP contribution in [0.1, 0.15) is 31.2 Å². The molecule has 1 N–H and O–H groups in total. The lowest BCUT2D eigenvalue weighted by Gasteiger charge is -2.30. The minimum absolute atomic E-state index is 0.0498. The van der Waals surface area contributed by atoms with E-state index in [0.29, 0.717) is 30.8 Å². The number of anilines is 1. The number of piperidine rings is 1. The Morgan fingerprint density at radius 3 is 2.70 bits per heavy atom. The van der Waals surface area contributed by atoms with Crippen molar-refractivity contribution in [2.24, 2.45) is 13.0 Å². The molecule has 1 aliphatic heterocycles. The first kappa shape index (κ1) is 22.4. The summed E-state index contributed by atoms with van der Waals surface area (Å²) in [6.45, 7) is 5.52. The summed E-state index contributed by atoms with van der Waals surface area (Å²) in [5.74, 6) is -1.63. The molecule has 30 heavy (non-hydrogen) atoms. The van der Waals surface area contributed by atoms with E-state index in [2.05, 4.69) is 10.4 Å². The first-order chi connectivity index (χ1) is 14.1. The lowest BCUT2D eigenvalue weighted by Crippen LogP contribution is -2.43. The second kappa shape index (κ2) is 8.86. The van der Waals surface area contributed by atoms with Gasteiger partial charge in [-0.15, -0.1) is 11.3 Å². The molecule has 164 valence electrons. The SMILES string of the molecule is Cc1nn(C)c(C)c1NC(=O)C(C)OC(=O)C1CCCN(S(=O)(=O)c2cccs2)C1. The molecule has 3 heterocycles. The van der Waals surface area contributed by atoms with Crippen molar-refractivity contribution in [2.45, 2.75) is 43.9 Å². The van der Waals surface area contributed by atoms with Crippen LogP contribution < -0.4 is 5.32 Å². The number of thiophene rings is 1. The van der Waals surface area contributed by atoms with Crippen LogP contribution in [0.25, 0.3) is 0 Å². The van der Waals surface area contributed by atoms with E-state index in [1.54, 1.807) is 36.2 Å². The molecule has 1 amide bonds. The van der Waals surface area contributed by atoms with Crippen molar-refractivity contribution < 1.29 is 22.7 Å². The first-order valence-corrected chi connectivity index (χ1v) is 12.0. The maximum atomic E-state index is 12.7. The average Bonchev–Trinajstić information content (AvgIpc) is 3.33. The van der Waals surface area contributed by atoms with E-state index in [4.69, 9.17) is 4.74 Å². The third-order valence-electron chi connectivity index (χ3n) is 5.23. The maximum Gasteiger partial charge on any atom is 0.311 e. The molecule has 2 atom stereocenters. The van der Waals surface area contributed by atoms with Gasteiger partial charge in [-0.1, -0.05) is 6.07 Å². The highest BCUT2D eigenvalue weighted by molar-refractivity contribution is 7.91. The lowest BCUT2D eigenvalue weighted by molar-refractivity contribution is -0.158. The van der Waals surface area contributed by atoms with Gasteiger partial charge in [0.15, 0.2) is 6.10 Å². The highest BCUT2D eigenvalue weighted by atomic mass is 32.2. The molecule has 1 saturated heterocycles. The molecule has 0 radical (unpaired) electrons. The summed E-state index contributed by atoms with van der Waals surface area (Å²) in [6.07, 6.45) is 0.0597. The number of amides is 1. The monoisotopic (exact) mass is 454 g/mol. The van der Waals surface area contributed by atoms with E-state index < -0.39 is 33.9 Å². The Hall–Kier alpha value is -2.24. The van der Waals surface area contributed by atoms with Gasteiger partial charge in [0, 0.05) is 20.1 Å². The van der Waals surface area contributed by atoms with E-state index in [0.717, 1.165) is 17.0 Å². The Balaban J connectivity index is 1.61. The second-order valence-corrected chi connectivity index (χ2v) is 10.5. The van der Waals surface area contributed by atoms with Crippen molar-refractivity contribution in [2.75, 3.05) is 18.4 Å². The summed E-state index contributed by atoms with van der Waals surface area (Å²) < 4.78 is 34.1. The molecule has 9 nitrogen and oxygen atoms in total. The standard InChI is InChI=1S/C19H26N4O5S2/c1-12-17(13(2)22(4)21-12)20-18(24)14(3)28-19(25)15-7-5-9-23(11-15)30(26,27)16-8-6-10-29-16/h6,8,10,14-15H,5,7,9,11H2,1-4H3,(H,20,24). The number of nitrogens with zero attached hydrogens (tertiary/aromatic N) is 3. The molecule has 1 fully saturated rings. The van der Waals surface area contributed by atoms with Gasteiger partial charge in [-0.05, 0) is 45.1 Å². The van der Waals surface area contributed by atoms with Gasteiger partial charge < -0.3 is 10.1 Å². The number of aryl methyl sites for hydroxylation is 2. The van der Waals surface area contributed by atoms with E-state index in [1.165, 1.54) is 11.2 Å². The van der Waals surface area contributed by atoms with Crippen LogP contribution in [-0.2, 0) is 31.4 Å². The van der Waals surface area contributed by atoms with Gasteiger partial charge in [0.05, 0.1) is 23.0 Å². The molecule has 2 aromatic rings. The van der Waals surface area contributed by atoms with E-state index >= 15 is 0 Å². The Bertz CT molecular complexity index is 1030. The summed E-state index contributed by atoms with van der Waals surface area (Å²) in [4.78, 5) is 25.1. The fraction of sp³-hybridized carbons (Fsp3) is 0.526. The molecule has 0 aromatic carbocycles. The summed E-state index contributed by atoms with van der Waals surface area (Å²) in [7, 11) is -1.84. The molecule has 0 bridgehead atoms. The minimum atomic E-state index is -3.62. The summed E-state index contributed by atoms with van der Waals surface area (Å²) in [6, 6.07) is 3.23. The Morgan fingerprint density at radius 1 is 1.37 bits per heavy atom. The van der Waals surface area contributed by atoms with Gasteiger partial charge in [-0.2, -0.15) is 9.40 Å². The van der Waals surface area contributed by atoms with Crippen LogP contribution in [0.5, 0.6) is 0 Å². The van der Waals surface area contributed by atoms with Crippen LogP contribution in [0, 0.1) is 19.8 Å². The first-order valence-electron chi connectivity index (χ1n) is 9.66. The maximum absolute atomic E-state index is 12.7. The Labute approximate surface area is 180 Å². The van der Waals surface area contributed by atoms with Crippen molar-refractivity contribution in [3.05, 3.63) is 28.9 Å². The van der Waals surface area contributed by atoms with Gasteiger partial charge in [0.1, 0.15) is 4.21 Å². The third-order valence-corrected chi connectivity index (χ3v) is 8.46. The van der Waals surface area contributed by atoms with Crippen molar-refractivity contribution in [1.29, 1.82) is 0 Å². The number of carbonyl (C=O) groups is 2. The normalized spacial score (nSPS) is 18.7. The predicted molar refractivity (Wildman–Crippen MR) is 113 cm³/mol. The molecule has 0 saturated carbocycles. The zero-order valence-electron chi connectivity index (χ0n) is 17.4. The molecule has 0 aliphatic carbocycles. The van der Waals surface area contributed by atoms with Gasteiger partial charge >= 0.3 is 5.97 Å². The van der Waals surface area contributed by atoms with E-state index in [9.17, 15) is 18.0 Å². The molecule has 3 rings (SSSR count). The van der Waals surface area contributed by atoms with Crippen LogP contribution in [0.2, 0.25) is 0 Å². The lowest BCUT2D eigenvalue weighted by atomic mass is 10.00. The molecule has 11 heteroatoms. The number of aromatic nitrogens is 2. The Kier molecular flexibility index (Phi) is 6.63. The van der Waals surface area contributed by atoms with Crippen LogP contribution in [0.4, 0.5) is 5.69 Å². The van der Waals surface area contributed by atoms with Gasteiger partial charge in [-0.3, -0.25) is 14.3 Å². The zero-order valence-corrected chi connectivity index (χ0v) is 19.0. The second-order valence-electron chi connectivity index (χ2n) is 7.37. The van der Waals surface area contributed by atoms with Crippen LogP contribution in [0.3, 0.4) is 0 Å². The van der Waals surface area contributed by atoms with Crippen molar-refractivity contribution in [1.82, 2.24) is 14.1 Å². The average molecular weight is 455 g/mol. The van der Waals surface area contributed by atoms with Gasteiger partial charge in [-0.25, -0.2) is 8.42 Å². The summed E-state index contributed by atoms with van der Waals surface area (Å²) in [5, 5.41) is 8.70. The number of rotatable bonds is 6. The van der Waals surface area contributed by atoms with Gasteiger partial charge in [0.2, 0.25) is 0 Å². The van der Waals surface area contributed by atoms with Crippen molar-refractivity contribution in [3.8, 4) is 0 Å². The minimum Gasteiger partial charge on any atom is -0.452 e. The molecule has 2 aromatic heterocycles. The number of ether oxygens (including phenoxy) is 1. The highest BCUT2D eigenvalue weighted by Crippen LogP contribution is 2.27. The van der Waals surface area contributed by atoms with E-state index in [-0.39, 0.29) is 10.8 Å². The van der Waals surface area contributed by atoms with Gasteiger partial charge in [0.25, 0.3) is 15.9 Å². The predicted octanol–water partition coefficient (Wildman–Crippen LogP) is 2.07. The van der Waals surface area contributed by atoms with Crippen molar-refractivity contribution >= 4 is 38.9 Å². The van der Waals surface area contributed by atoms with Crippen LogP contribution in [-0.4, -0.2) is 53.6 Å². The fourth-order valence-electron chi connectivity index (χ4n) is 3.39. The topological polar surface area (TPSA) is 111 Å². The fourth-order valence-corrected chi connectivity index (χ4v) is 6.06. The molecule has 2 unspecified atom stereocenters. The summed E-state index contributed by atoms with van der Waals surface area (Å²) >= 11 is 1.15. The third kappa shape index (κ3) is 4.57. The molecular formula is C19H26N4O5S2. The summed E-state index contributed by atoms with van der Waals surface area (Å²) in [5.41, 5.74) is 2.06. The number of carbonyl (C=O) groups excluding carboxylic acids is 2. The Morgan fingerprint density at radius 2 is 2.10 bits per heavy atom. The molecular weight excluding hydrogens is 428 g/mol. The largest absolute Gasteiger partial charge is 0.452 e. The number of hydrogen-bond acceptors (Lipinski definition) is 7. The smallest absolute Gasteiger partial charge is 0.311 e. The number of nitrogens with one attached hydrogen (secondary N) is 1. The molecule has 0 spiro atoms. The van der Waals surface area contributed by atoms with E-state index in [1.807, 2.05) is 6.92 Å². The quantitative estimate of drug-likeness (QED) is 0.669. The number of hydrogen-bond donors (Lipinski definition) is 1. The van der Waals surface area contributed by atoms with Crippen LogP contribution in [0.15, 0.2) is 21.7 Å².